The highest BCUT2D eigenvalue weighted by Gasteiger charge is 2.13. The lowest BCUT2D eigenvalue weighted by Gasteiger charge is -2.21. The number of nitrogens with zero attached hydrogens (tertiary/aromatic N) is 8. The third-order valence-corrected chi connectivity index (χ3v) is 3.56. The summed E-state index contributed by atoms with van der Waals surface area (Å²) in [6.07, 6.45) is 5.47. The molecule has 2 heterocycles. The van der Waals surface area contributed by atoms with Crippen LogP contribution in [0.1, 0.15) is 25.2 Å². The Balaban J connectivity index is 2.10. The van der Waals surface area contributed by atoms with E-state index in [2.05, 4.69) is 25.5 Å². The van der Waals surface area contributed by atoms with Crippen LogP contribution in [0.25, 0.3) is 0 Å². The lowest BCUT2D eigenvalue weighted by molar-refractivity contribution is 0.268. The fourth-order valence-electron chi connectivity index (χ4n) is 2.29. The number of nitrogens with two attached hydrogens (primary N) is 3. The predicted molar refractivity (Wildman–Crippen MR) is 92.9 cm³/mol. The van der Waals surface area contributed by atoms with E-state index in [0.717, 1.165) is 17.9 Å². The van der Waals surface area contributed by atoms with Gasteiger partial charge in [0.1, 0.15) is 0 Å². The molecule has 0 aromatic carbocycles. The van der Waals surface area contributed by atoms with Crippen molar-refractivity contribution in [1.82, 2.24) is 39.9 Å². The van der Waals surface area contributed by atoms with E-state index < -0.39 is 0 Å². The van der Waals surface area contributed by atoms with Crippen molar-refractivity contribution in [3.05, 3.63) is 35.7 Å². The molecular formula is C14H27N11. The first-order chi connectivity index (χ1) is 12.0. The van der Waals surface area contributed by atoms with E-state index in [1.165, 1.54) is 0 Å². The zero-order valence-electron chi connectivity index (χ0n) is 14.8. The summed E-state index contributed by atoms with van der Waals surface area (Å²) in [6.45, 7) is 7.37. The monoisotopic (exact) mass is 349 g/mol. The minimum atomic E-state index is 0.290. The largest absolute Gasteiger partial charge is 0.400 e. The van der Waals surface area contributed by atoms with Crippen LogP contribution in [0.3, 0.4) is 0 Å². The fraction of sp³-hybridized carbons (Fsp3) is 0.571. The highest BCUT2D eigenvalue weighted by molar-refractivity contribution is 5.02. The van der Waals surface area contributed by atoms with Crippen molar-refractivity contribution in [2.24, 2.45) is 17.3 Å². The summed E-state index contributed by atoms with van der Waals surface area (Å²) in [5, 5.41) is 17.9. The normalized spacial score (nSPS) is 12.1. The van der Waals surface area contributed by atoms with Crippen LogP contribution in [0.2, 0.25) is 0 Å². The summed E-state index contributed by atoms with van der Waals surface area (Å²) >= 11 is 0. The fourth-order valence-corrected chi connectivity index (χ4v) is 2.29. The molecule has 0 bridgehead atoms. The van der Waals surface area contributed by atoms with Crippen molar-refractivity contribution in [2.75, 3.05) is 13.1 Å². The van der Waals surface area contributed by atoms with E-state index in [-0.39, 0.29) is 0 Å². The Morgan fingerprint density at radius 2 is 1.72 bits per heavy atom. The molecule has 0 unspecified atom stereocenters. The van der Waals surface area contributed by atoms with Gasteiger partial charge in [-0.1, -0.05) is 10.4 Å². The van der Waals surface area contributed by atoms with Crippen molar-refractivity contribution >= 4 is 0 Å². The smallest absolute Gasteiger partial charge is 0.0968 e. The number of aryl methyl sites for hydroxylation is 1. The molecule has 0 saturated heterocycles. The Hall–Kier alpha value is -2.50. The van der Waals surface area contributed by atoms with Gasteiger partial charge in [-0.3, -0.25) is 9.58 Å². The molecule has 0 radical (unpaired) electrons. The molecule has 2 aromatic rings. The van der Waals surface area contributed by atoms with E-state index in [1.807, 2.05) is 26.2 Å². The van der Waals surface area contributed by atoms with Crippen molar-refractivity contribution in [1.29, 1.82) is 0 Å². The zero-order valence-corrected chi connectivity index (χ0v) is 14.8. The van der Waals surface area contributed by atoms with Gasteiger partial charge in [0.05, 0.1) is 24.3 Å². The second kappa shape index (κ2) is 9.11. The molecular weight excluding hydrogens is 322 g/mol. The highest BCUT2D eigenvalue weighted by Crippen LogP contribution is 2.08. The van der Waals surface area contributed by atoms with Crippen LogP contribution in [0, 0.1) is 0 Å². The van der Waals surface area contributed by atoms with Crippen molar-refractivity contribution in [3.63, 3.8) is 0 Å². The van der Waals surface area contributed by atoms with Crippen LogP contribution >= 0.6 is 0 Å². The number of rotatable bonds is 10. The van der Waals surface area contributed by atoms with E-state index in [1.54, 1.807) is 20.6 Å². The van der Waals surface area contributed by atoms with Gasteiger partial charge in [-0.25, -0.2) is 10.5 Å². The minimum Gasteiger partial charge on any atom is -0.400 e. The zero-order chi connectivity index (χ0) is 18.2. The van der Waals surface area contributed by atoms with Gasteiger partial charge in [-0.05, 0) is 13.8 Å². The van der Waals surface area contributed by atoms with Gasteiger partial charge in [0.2, 0.25) is 0 Å². The van der Waals surface area contributed by atoms with Crippen LogP contribution in [0.4, 0.5) is 0 Å². The van der Waals surface area contributed by atoms with Crippen LogP contribution in [0.5, 0.6) is 0 Å². The molecule has 0 aliphatic carbocycles. The van der Waals surface area contributed by atoms with E-state index >= 15 is 0 Å². The van der Waals surface area contributed by atoms with E-state index in [9.17, 15) is 0 Å². The molecule has 6 N–H and O–H groups in total. The lowest BCUT2D eigenvalue weighted by Crippen LogP contribution is -2.31. The Morgan fingerprint density at radius 1 is 1.12 bits per heavy atom. The van der Waals surface area contributed by atoms with Gasteiger partial charge >= 0.3 is 0 Å². The number of hydrogen-bond donors (Lipinski definition) is 3. The number of hydrogen-bond acceptors (Lipinski definition) is 9. The second-order valence-corrected chi connectivity index (χ2v) is 5.68. The summed E-state index contributed by atoms with van der Waals surface area (Å²) in [7, 11) is 0. The van der Waals surface area contributed by atoms with Crippen molar-refractivity contribution < 1.29 is 0 Å². The Bertz CT molecular complexity index is 630. The molecule has 0 amide bonds. The first-order valence-corrected chi connectivity index (χ1v) is 8.22. The maximum atomic E-state index is 6.12. The Labute approximate surface area is 147 Å². The molecule has 2 aromatic heterocycles. The quantitative estimate of drug-likeness (QED) is 0.355. The third kappa shape index (κ3) is 5.81. The summed E-state index contributed by atoms with van der Waals surface area (Å²) in [5.74, 6) is 5.79. The van der Waals surface area contributed by atoms with Gasteiger partial charge in [0, 0.05) is 50.8 Å². The van der Waals surface area contributed by atoms with E-state index in [4.69, 9.17) is 17.3 Å². The number of aromatic nitrogens is 6. The molecule has 138 valence electrons. The molecule has 0 aliphatic heterocycles. The topological polar surface area (TPSA) is 146 Å². The predicted octanol–water partition coefficient (Wildman–Crippen LogP) is -1.20. The van der Waals surface area contributed by atoms with Gasteiger partial charge < -0.3 is 16.5 Å². The first kappa shape index (κ1) is 18.8. The van der Waals surface area contributed by atoms with Gasteiger partial charge in [0.25, 0.3) is 0 Å². The average Bonchev–Trinajstić information content (AvgIpc) is 3.23. The molecule has 0 atom stereocenters. The van der Waals surface area contributed by atoms with Gasteiger partial charge in [-0.2, -0.15) is 0 Å². The molecule has 2 rings (SSSR count). The summed E-state index contributed by atoms with van der Waals surface area (Å²) in [6, 6.07) is 0. The average molecular weight is 349 g/mol. The number of hydrazine groups is 1. The molecule has 25 heavy (non-hydrogen) atoms. The molecule has 11 heteroatoms. The van der Waals surface area contributed by atoms with Crippen LogP contribution in [-0.4, -0.2) is 53.0 Å². The highest BCUT2D eigenvalue weighted by atomic mass is 15.4. The van der Waals surface area contributed by atoms with Crippen LogP contribution < -0.4 is 17.3 Å². The molecule has 11 nitrogen and oxygen atoms in total. The first-order valence-electron chi connectivity index (χ1n) is 8.22. The molecule has 0 aliphatic rings. The second-order valence-electron chi connectivity index (χ2n) is 5.68. The third-order valence-electron chi connectivity index (χ3n) is 3.56. The Morgan fingerprint density at radius 3 is 2.20 bits per heavy atom. The maximum Gasteiger partial charge on any atom is 0.0968 e. The van der Waals surface area contributed by atoms with Crippen molar-refractivity contribution in [3.8, 4) is 0 Å². The summed E-state index contributed by atoms with van der Waals surface area (Å²) in [4.78, 5) is 2.10. The summed E-state index contributed by atoms with van der Waals surface area (Å²) < 4.78 is 3.37. The van der Waals surface area contributed by atoms with Gasteiger partial charge in [0.15, 0.2) is 0 Å². The lowest BCUT2D eigenvalue weighted by atomic mass is 10.3. The van der Waals surface area contributed by atoms with Crippen molar-refractivity contribution in [2.45, 2.75) is 40.2 Å². The minimum absolute atomic E-state index is 0.290. The molecule has 0 spiro atoms. The summed E-state index contributed by atoms with van der Waals surface area (Å²) in [5.41, 5.74) is 14.0. The van der Waals surface area contributed by atoms with Crippen LogP contribution in [0.15, 0.2) is 24.3 Å². The standard InChI is InChI=1S/C14H27N11/c1-3-23(17)6-12(16)5-22(7-13-9-24(4-2)20-18-13)8-14-10-25(11-15)21-19-14/h6,9-10H,3-5,7-8,11,15-17H2,1-2H3/b12-6-. The molecule has 0 fully saturated rings. The van der Waals surface area contributed by atoms with E-state index in [0.29, 0.717) is 38.5 Å². The van der Waals surface area contributed by atoms with Crippen LogP contribution in [-0.2, 0) is 26.3 Å². The Kier molecular flexibility index (Phi) is 6.86. The maximum absolute atomic E-state index is 6.12. The molecule has 0 saturated carbocycles. The SMILES string of the molecule is CCN(N)/C=C(\N)CN(Cc1cn(CC)nn1)Cc1cn(CN)nn1. The van der Waals surface area contributed by atoms with Gasteiger partial charge in [-0.15, -0.1) is 10.2 Å².